The fourth-order valence-corrected chi connectivity index (χ4v) is 2.17. The quantitative estimate of drug-likeness (QED) is 0.874. The lowest BCUT2D eigenvalue weighted by Crippen LogP contribution is -2.60. The first-order valence-corrected chi connectivity index (χ1v) is 7.14. The number of alkyl carbamates (subject to hydrolysis) is 1. The third kappa shape index (κ3) is 4.61. The van der Waals surface area contributed by atoms with E-state index in [0.29, 0.717) is 18.8 Å². The Hall–Kier alpha value is -2.31. The van der Waals surface area contributed by atoms with Crippen molar-refractivity contribution >= 4 is 17.7 Å². The number of aliphatic carboxylic acids is 1. The molecule has 0 aliphatic carbocycles. The van der Waals surface area contributed by atoms with Gasteiger partial charge in [-0.25, -0.2) is 4.79 Å². The molecule has 120 valence electrons. The first-order chi connectivity index (χ1) is 10.2. The molecule has 0 bridgehead atoms. The molecule has 1 aromatic rings. The molecule has 1 aliphatic rings. The SMILES string of the molecule is CC(C)(C)OC(=O)NC1CN(c2ccnc(CC(=O)O)c2)C1. The molecule has 2 N–H and O–H groups in total. The van der Waals surface area contributed by atoms with Crippen LogP contribution in [0.3, 0.4) is 0 Å². The molecule has 0 spiro atoms. The van der Waals surface area contributed by atoms with Crippen molar-refractivity contribution in [1.29, 1.82) is 0 Å². The molecule has 2 heterocycles. The van der Waals surface area contributed by atoms with E-state index in [1.54, 1.807) is 12.3 Å². The molecule has 1 aromatic heterocycles. The highest BCUT2D eigenvalue weighted by Crippen LogP contribution is 2.21. The first kappa shape index (κ1) is 16.1. The zero-order valence-corrected chi connectivity index (χ0v) is 13.0. The Morgan fingerprint density at radius 1 is 1.45 bits per heavy atom. The summed E-state index contributed by atoms with van der Waals surface area (Å²) in [6.07, 6.45) is 1.09. The van der Waals surface area contributed by atoms with Crippen LogP contribution in [0.2, 0.25) is 0 Å². The molecule has 0 radical (unpaired) electrons. The third-order valence-electron chi connectivity index (χ3n) is 3.10. The van der Waals surface area contributed by atoms with Gasteiger partial charge in [-0.15, -0.1) is 0 Å². The van der Waals surface area contributed by atoms with Gasteiger partial charge in [0.25, 0.3) is 0 Å². The Labute approximate surface area is 129 Å². The van der Waals surface area contributed by atoms with E-state index in [0.717, 1.165) is 5.69 Å². The predicted molar refractivity (Wildman–Crippen MR) is 80.9 cm³/mol. The van der Waals surface area contributed by atoms with Gasteiger partial charge in [0.05, 0.1) is 18.2 Å². The summed E-state index contributed by atoms with van der Waals surface area (Å²) in [4.78, 5) is 28.4. The van der Waals surface area contributed by atoms with Crippen LogP contribution in [-0.2, 0) is 16.0 Å². The van der Waals surface area contributed by atoms with Crippen LogP contribution in [0.1, 0.15) is 26.5 Å². The molecule has 0 aromatic carbocycles. The molecule has 7 nitrogen and oxygen atoms in total. The number of hydrogen-bond acceptors (Lipinski definition) is 5. The highest BCUT2D eigenvalue weighted by Gasteiger charge is 2.30. The van der Waals surface area contributed by atoms with Crippen LogP contribution in [0.15, 0.2) is 18.3 Å². The van der Waals surface area contributed by atoms with E-state index < -0.39 is 17.7 Å². The van der Waals surface area contributed by atoms with Crippen molar-refractivity contribution in [2.75, 3.05) is 18.0 Å². The van der Waals surface area contributed by atoms with E-state index in [4.69, 9.17) is 9.84 Å². The molecule has 1 fully saturated rings. The van der Waals surface area contributed by atoms with Gasteiger partial charge in [-0.1, -0.05) is 0 Å². The van der Waals surface area contributed by atoms with Crippen molar-refractivity contribution in [2.45, 2.75) is 38.8 Å². The van der Waals surface area contributed by atoms with Gasteiger partial charge in [0.2, 0.25) is 0 Å². The standard InChI is InChI=1S/C15H21N3O4/c1-15(2,3)22-14(21)17-11-8-18(9-11)12-4-5-16-10(6-12)7-13(19)20/h4-6,11H,7-9H2,1-3H3,(H,17,21)(H,19,20). The van der Waals surface area contributed by atoms with Crippen LogP contribution in [0, 0.1) is 0 Å². The second kappa shape index (κ2) is 6.21. The zero-order valence-electron chi connectivity index (χ0n) is 13.0. The molecule has 0 unspecified atom stereocenters. The summed E-state index contributed by atoms with van der Waals surface area (Å²) < 4.78 is 5.20. The smallest absolute Gasteiger partial charge is 0.407 e. The molecule has 1 saturated heterocycles. The van der Waals surface area contributed by atoms with Crippen molar-refractivity contribution in [3.8, 4) is 0 Å². The highest BCUT2D eigenvalue weighted by molar-refractivity contribution is 5.70. The Balaban J connectivity index is 1.84. The Kier molecular flexibility index (Phi) is 4.54. The number of carboxylic acid groups (broad SMARTS) is 1. The summed E-state index contributed by atoms with van der Waals surface area (Å²) >= 11 is 0. The molecule has 2 rings (SSSR count). The lowest BCUT2D eigenvalue weighted by molar-refractivity contribution is -0.136. The second-order valence-electron chi connectivity index (χ2n) is 6.32. The lowest BCUT2D eigenvalue weighted by Gasteiger charge is -2.41. The van der Waals surface area contributed by atoms with Gasteiger partial charge in [-0.05, 0) is 32.9 Å². The van der Waals surface area contributed by atoms with Crippen LogP contribution in [0.25, 0.3) is 0 Å². The fraction of sp³-hybridized carbons (Fsp3) is 0.533. The van der Waals surface area contributed by atoms with Crippen molar-refractivity contribution < 1.29 is 19.4 Å². The van der Waals surface area contributed by atoms with Gasteiger partial charge in [0.15, 0.2) is 0 Å². The molecule has 0 atom stereocenters. The molecule has 1 amide bonds. The van der Waals surface area contributed by atoms with Gasteiger partial charge in [0, 0.05) is 25.0 Å². The van der Waals surface area contributed by atoms with Crippen LogP contribution >= 0.6 is 0 Å². The number of carbonyl (C=O) groups excluding carboxylic acids is 1. The number of ether oxygens (including phenoxy) is 1. The van der Waals surface area contributed by atoms with E-state index >= 15 is 0 Å². The molecular formula is C15H21N3O4. The summed E-state index contributed by atoms with van der Waals surface area (Å²) in [6.45, 7) is 6.79. The predicted octanol–water partition coefficient (Wildman–Crippen LogP) is 1.42. The average Bonchev–Trinajstić information content (AvgIpc) is 2.30. The van der Waals surface area contributed by atoms with E-state index in [2.05, 4.69) is 15.2 Å². The van der Waals surface area contributed by atoms with Gasteiger partial charge in [-0.3, -0.25) is 9.78 Å². The van der Waals surface area contributed by atoms with Crippen molar-refractivity contribution in [3.05, 3.63) is 24.0 Å². The molecule has 7 heteroatoms. The molecule has 0 saturated carbocycles. The van der Waals surface area contributed by atoms with Crippen LogP contribution < -0.4 is 10.2 Å². The number of hydrogen-bond donors (Lipinski definition) is 2. The maximum atomic E-state index is 11.7. The molecule has 1 aliphatic heterocycles. The topological polar surface area (TPSA) is 91.8 Å². The summed E-state index contributed by atoms with van der Waals surface area (Å²) in [5.41, 5.74) is 0.923. The molecular weight excluding hydrogens is 286 g/mol. The van der Waals surface area contributed by atoms with Gasteiger partial charge < -0.3 is 20.1 Å². The number of pyridine rings is 1. The largest absolute Gasteiger partial charge is 0.481 e. The number of carbonyl (C=O) groups is 2. The number of nitrogens with zero attached hydrogens (tertiary/aromatic N) is 2. The van der Waals surface area contributed by atoms with E-state index in [1.807, 2.05) is 26.8 Å². The fourth-order valence-electron chi connectivity index (χ4n) is 2.17. The van der Waals surface area contributed by atoms with Crippen LogP contribution in [-0.4, -0.2) is 46.9 Å². The Morgan fingerprint density at radius 2 is 2.14 bits per heavy atom. The van der Waals surface area contributed by atoms with E-state index in [1.165, 1.54) is 0 Å². The number of nitrogens with one attached hydrogen (secondary N) is 1. The normalized spacial score (nSPS) is 15.1. The van der Waals surface area contributed by atoms with E-state index in [-0.39, 0.29) is 12.5 Å². The van der Waals surface area contributed by atoms with Gasteiger partial charge in [0.1, 0.15) is 5.60 Å². The molecule has 22 heavy (non-hydrogen) atoms. The lowest BCUT2D eigenvalue weighted by atomic mass is 10.1. The first-order valence-electron chi connectivity index (χ1n) is 7.14. The highest BCUT2D eigenvalue weighted by atomic mass is 16.6. The number of carboxylic acids is 1. The Morgan fingerprint density at radius 3 is 2.73 bits per heavy atom. The maximum absolute atomic E-state index is 11.7. The van der Waals surface area contributed by atoms with Crippen molar-refractivity contribution in [2.24, 2.45) is 0 Å². The van der Waals surface area contributed by atoms with Crippen molar-refractivity contribution in [3.63, 3.8) is 0 Å². The van der Waals surface area contributed by atoms with E-state index in [9.17, 15) is 9.59 Å². The summed E-state index contributed by atoms with van der Waals surface area (Å²) in [6, 6.07) is 3.62. The zero-order chi connectivity index (χ0) is 16.3. The Bertz CT molecular complexity index is 562. The number of amides is 1. The van der Waals surface area contributed by atoms with Crippen LogP contribution in [0.5, 0.6) is 0 Å². The van der Waals surface area contributed by atoms with Crippen molar-refractivity contribution in [1.82, 2.24) is 10.3 Å². The average molecular weight is 307 g/mol. The monoisotopic (exact) mass is 307 g/mol. The van der Waals surface area contributed by atoms with Gasteiger partial charge in [-0.2, -0.15) is 0 Å². The number of aromatic nitrogens is 1. The minimum absolute atomic E-state index is 0.0333. The summed E-state index contributed by atoms with van der Waals surface area (Å²) in [5.74, 6) is -0.905. The van der Waals surface area contributed by atoms with Crippen LogP contribution in [0.4, 0.5) is 10.5 Å². The number of rotatable bonds is 4. The summed E-state index contributed by atoms with van der Waals surface area (Å²) in [5, 5.41) is 11.6. The number of anilines is 1. The third-order valence-corrected chi connectivity index (χ3v) is 3.10. The minimum Gasteiger partial charge on any atom is -0.481 e. The maximum Gasteiger partial charge on any atom is 0.407 e. The summed E-state index contributed by atoms with van der Waals surface area (Å²) in [7, 11) is 0. The minimum atomic E-state index is -0.905. The second-order valence-corrected chi connectivity index (χ2v) is 6.32. The van der Waals surface area contributed by atoms with Gasteiger partial charge >= 0.3 is 12.1 Å².